The number of aromatic nitrogens is 4. The second-order valence-corrected chi connectivity index (χ2v) is 6.62. The highest BCUT2D eigenvalue weighted by atomic mass is 16.1. The molecule has 0 bridgehead atoms. The van der Waals surface area contributed by atoms with Crippen LogP contribution in [0.25, 0.3) is 16.7 Å². The molecule has 0 aliphatic carbocycles. The third kappa shape index (κ3) is 3.91. The van der Waals surface area contributed by atoms with Gasteiger partial charge in [0.05, 0.1) is 28.6 Å². The van der Waals surface area contributed by atoms with Crippen molar-refractivity contribution in [3.8, 4) is 5.69 Å². The maximum Gasteiger partial charge on any atom is 0.271 e. The van der Waals surface area contributed by atoms with Crippen molar-refractivity contribution in [3.05, 3.63) is 83.9 Å². The van der Waals surface area contributed by atoms with Gasteiger partial charge in [0.25, 0.3) is 5.91 Å². The van der Waals surface area contributed by atoms with Crippen molar-refractivity contribution in [2.45, 2.75) is 19.8 Å². The first kappa shape index (κ1) is 17.9. The number of benzene rings is 2. The summed E-state index contributed by atoms with van der Waals surface area (Å²) in [5.74, 6) is -0.199. The summed E-state index contributed by atoms with van der Waals surface area (Å²) in [6.07, 6.45) is 5.25. The fourth-order valence-corrected chi connectivity index (χ4v) is 3.09. The van der Waals surface area contributed by atoms with Crippen LogP contribution in [0.2, 0.25) is 0 Å². The maximum atomic E-state index is 12.3. The van der Waals surface area contributed by atoms with E-state index in [-0.39, 0.29) is 5.91 Å². The number of nitrogens with zero attached hydrogens (tertiary/aromatic N) is 4. The first-order valence-corrected chi connectivity index (χ1v) is 9.31. The van der Waals surface area contributed by atoms with E-state index in [0.717, 1.165) is 35.3 Å². The quantitative estimate of drug-likeness (QED) is 0.527. The normalized spacial score (nSPS) is 10.9. The molecule has 1 N–H and O–H groups in total. The van der Waals surface area contributed by atoms with E-state index < -0.39 is 0 Å². The molecule has 0 atom stereocenters. The van der Waals surface area contributed by atoms with Crippen LogP contribution in [0, 0.1) is 6.92 Å². The average molecular weight is 371 g/mol. The number of para-hydroxylation sites is 3. The largest absolute Gasteiger partial charge is 0.351 e. The third-order valence-corrected chi connectivity index (χ3v) is 4.61. The van der Waals surface area contributed by atoms with Gasteiger partial charge in [-0.25, -0.2) is 9.67 Å². The Bertz CT molecular complexity index is 1100. The molecule has 1 amide bonds. The first-order valence-electron chi connectivity index (χ1n) is 9.31. The van der Waals surface area contributed by atoms with E-state index in [2.05, 4.69) is 26.6 Å². The van der Waals surface area contributed by atoms with Crippen LogP contribution in [0.15, 0.2) is 67.0 Å². The molecule has 0 saturated heterocycles. The summed E-state index contributed by atoms with van der Waals surface area (Å²) in [6.45, 7) is 2.58. The Morgan fingerprint density at radius 3 is 2.61 bits per heavy atom. The summed E-state index contributed by atoms with van der Waals surface area (Å²) in [6, 6.07) is 17.6. The summed E-state index contributed by atoms with van der Waals surface area (Å²) in [7, 11) is 0. The van der Waals surface area contributed by atoms with Crippen molar-refractivity contribution in [1.82, 2.24) is 25.1 Å². The number of hydrogen-bond acceptors (Lipinski definition) is 4. The fraction of sp³-hybridized carbons (Fsp3) is 0.182. The SMILES string of the molecule is Cc1nn(-c2ccccc2)cc1CCCNC(=O)c1cnc2ccccc2n1. The zero-order valence-electron chi connectivity index (χ0n) is 15.7. The van der Waals surface area contributed by atoms with Gasteiger partial charge in [-0.15, -0.1) is 0 Å². The molecule has 6 nitrogen and oxygen atoms in total. The molecule has 2 aromatic heterocycles. The first-order chi connectivity index (χ1) is 13.7. The van der Waals surface area contributed by atoms with Crippen molar-refractivity contribution in [2.24, 2.45) is 0 Å². The Morgan fingerprint density at radius 2 is 1.79 bits per heavy atom. The van der Waals surface area contributed by atoms with Crippen LogP contribution in [0.3, 0.4) is 0 Å². The van der Waals surface area contributed by atoms with E-state index in [1.165, 1.54) is 11.8 Å². The van der Waals surface area contributed by atoms with Crippen LogP contribution in [-0.4, -0.2) is 32.2 Å². The second-order valence-electron chi connectivity index (χ2n) is 6.62. The smallest absolute Gasteiger partial charge is 0.271 e. The summed E-state index contributed by atoms with van der Waals surface area (Å²) in [5, 5.41) is 7.51. The lowest BCUT2D eigenvalue weighted by molar-refractivity contribution is 0.0948. The maximum absolute atomic E-state index is 12.3. The highest BCUT2D eigenvalue weighted by Gasteiger charge is 2.10. The number of carbonyl (C=O) groups is 1. The van der Waals surface area contributed by atoms with Crippen LogP contribution in [0.5, 0.6) is 0 Å². The molecule has 0 spiro atoms. The van der Waals surface area contributed by atoms with Crippen molar-refractivity contribution in [1.29, 1.82) is 0 Å². The van der Waals surface area contributed by atoms with Gasteiger partial charge in [-0.1, -0.05) is 30.3 Å². The van der Waals surface area contributed by atoms with Crippen molar-refractivity contribution >= 4 is 16.9 Å². The van der Waals surface area contributed by atoms with Crippen molar-refractivity contribution in [3.63, 3.8) is 0 Å². The molecule has 0 fully saturated rings. The Hall–Kier alpha value is -3.54. The van der Waals surface area contributed by atoms with Crippen LogP contribution < -0.4 is 5.32 Å². The van der Waals surface area contributed by atoms with Gasteiger partial charge in [-0.3, -0.25) is 9.78 Å². The lowest BCUT2D eigenvalue weighted by Gasteiger charge is -2.05. The highest BCUT2D eigenvalue weighted by molar-refractivity contribution is 5.93. The number of nitrogens with one attached hydrogen (secondary N) is 1. The van der Waals surface area contributed by atoms with E-state index in [0.29, 0.717) is 12.2 Å². The zero-order chi connectivity index (χ0) is 19.3. The average Bonchev–Trinajstić information content (AvgIpc) is 3.12. The Labute approximate surface area is 163 Å². The third-order valence-electron chi connectivity index (χ3n) is 4.61. The van der Waals surface area contributed by atoms with E-state index in [9.17, 15) is 4.79 Å². The van der Waals surface area contributed by atoms with E-state index >= 15 is 0 Å². The number of carbonyl (C=O) groups excluding carboxylic acids is 1. The van der Waals surface area contributed by atoms with Gasteiger partial charge in [0.1, 0.15) is 5.69 Å². The minimum absolute atomic E-state index is 0.199. The predicted molar refractivity (Wildman–Crippen MR) is 108 cm³/mol. The molecule has 140 valence electrons. The number of rotatable bonds is 6. The molecule has 0 aliphatic rings. The van der Waals surface area contributed by atoms with Gasteiger partial charge < -0.3 is 5.32 Å². The van der Waals surface area contributed by atoms with Gasteiger partial charge >= 0.3 is 0 Å². The molecule has 0 radical (unpaired) electrons. The number of fused-ring (bicyclic) bond motifs is 1. The van der Waals surface area contributed by atoms with Crippen LogP contribution >= 0.6 is 0 Å². The summed E-state index contributed by atoms with van der Waals surface area (Å²) >= 11 is 0. The fourth-order valence-electron chi connectivity index (χ4n) is 3.09. The lowest BCUT2D eigenvalue weighted by atomic mass is 10.1. The van der Waals surface area contributed by atoms with Gasteiger partial charge in [0, 0.05) is 12.7 Å². The number of aryl methyl sites for hydroxylation is 2. The van der Waals surface area contributed by atoms with Gasteiger partial charge in [-0.05, 0) is 49.6 Å². The predicted octanol–water partition coefficient (Wildman–Crippen LogP) is 3.49. The lowest BCUT2D eigenvalue weighted by Crippen LogP contribution is -2.25. The van der Waals surface area contributed by atoms with Crippen LogP contribution in [-0.2, 0) is 6.42 Å². The molecule has 4 rings (SSSR count). The van der Waals surface area contributed by atoms with Crippen LogP contribution in [0.4, 0.5) is 0 Å². The zero-order valence-corrected chi connectivity index (χ0v) is 15.7. The summed E-state index contributed by atoms with van der Waals surface area (Å²) in [5.41, 5.74) is 5.08. The molecule has 0 unspecified atom stereocenters. The molecule has 4 aromatic rings. The van der Waals surface area contributed by atoms with Gasteiger partial charge in [0.15, 0.2) is 0 Å². The molecule has 0 saturated carbocycles. The Kier molecular flexibility index (Phi) is 5.10. The molecule has 0 aliphatic heterocycles. The van der Waals surface area contributed by atoms with E-state index in [4.69, 9.17) is 0 Å². The number of hydrogen-bond donors (Lipinski definition) is 1. The van der Waals surface area contributed by atoms with Crippen molar-refractivity contribution < 1.29 is 4.79 Å². The minimum Gasteiger partial charge on any atom is -0.351 e. The molecule has 2 aromatic carbocycles. The highest BCUT2D eigenvalue weighted by Crippen LogP contribution is 2.13. The number of amides is 1. The topological polar surface area (TPSA) is 72.7 Å². The monoisotopic (exact) mass is 371 g/mol. The van der Waals surface area contributed by atoms with E-state index in [1.807, 2.05) is 66.2 Å². The second kappa shape index (κ2) is 8.00. The summed E-state index contributed by atoms with van der Waals surface area (Å²) in [4.78, 5) is 21.0. The molecular formula is C22H21N5O. The Balaban J connectivity index is 1.33. The van der Waals surface area contributed by atoms with Crippen LogP contribution in [0.1, 0.15) is 28.2 Å². The minimum atomic E-state index is -0.199. The summed E-state index contributed by atoms with van der Waals surface area (Å²) < 4.78 is 1.90. The molecule has 28 heavy (non-hydrogen) atoms. The Morgan fingerprint density at radius 1 is 1.04 bits per heavy atom. The van der Waals surface area contributed by atoms with Gasteiger partial charge in [-0.2, -0.15) is 5.10 Å². The van der Waals surface area contributed by atoms with E-state index in [1.54, 1.807) is 0 Å². The van der Waals surface area contributed by atoms with Gasteiger partial charge in [0.2, 0.25) is 0 Å². The molecule has 2 heterocycles. The van der Waals surface area contributed by atoms with Crippen molar-refractivity contribution in [2.75, 3.05) is 6.54 Å². The standard InChI is InChI=1S/C22H21N5O/c1-16-17(15-27(26-16)18-9-3-2-4-10-18)8-7-13-23-22(28)21-14-24-19-11-5-6-12-20(19)25-21/h2-6,9-12,14-15H,7-8,13H2,1H3,(H,23,28). The molecule has 6 heteroatoms. The molecular weight excluding hydrogens is 350 g/mol.